The minimum atomic E-state index is -0.328. The van der Waals surface area contributed by atoms with E-state index in [0.29, 0.717) is 5.56 Å². The topological polar surface area (TPSA) is 26.3 Å². The standard InChI is InChI=1S/C14H16O2/c1-4-11(2)12(3)10-16-14(15)13-8-6-5-7-9-13/h5-9H,2-4,10H2,1H3. The lowest BCUT2D eigenvalue weighted by Crippen LogP contribution is -2.08. The Bertz CT molecular complexity index is 390. The van der Waals surface area contributed by atoms with Gasteiger partial charge in [0.1, 0.15) is 6.61 Å². The molecule has 0 radical (unpaired) electrons. The molecule has 0 saturated heterocycles. The minimum absolute atomic E-state index is 0.209. The van der Waals surface area contributed by atoms with Gasteiger partial charge < -0.3 is 4.74 Å². The van der Waals surface area contributed by atoms with Crippen molar-refractivity contribution in [2.45, 2.75) is 13.3 Å². The van der Waals surface area contributed by atoms with Gasteiger partial charge in [-0.05, 0) is 29.7 Å². The zero-order valence-corrected chi connectivity index (χ0v) is 9.53. The SMILES string of the molecule is C=C(CC)C(=C)COC(=O)c1ccccc1. The van der Waals surface area contributed by atoms with Crippen molar-refractivity contribution in [2.75, 3.05) is 6.61 Å². The summed E-state index contributed by atoms with van der Waals surface area (Å²) in [6.07, 6.45) is 0.821. The zero-order chi connectivity index (χ0) is 12.0. The Balaban J connectivity index is 2.48. The van der Waals surface area contributed by atoms with Crippen molar-refractivity contribution in [1.29, 1.82) is 0 Å². The summed E-state index contributed by atoms with van der Waals surface area (Å²) in [5, 5.41) is 0. The second-order valence-electron chi connectivity index (χ2n) is 3.50. The van der Waals surface area contributed by atoms with Crippen molar-refractivity contribution >= 4 is 5.97 Å². The predicted octanol–water partition coefficient (Wildman–Crippen LogP) is 3.37. The summed E-state index contributed by atoms with van der Waals surface area (Å²) in [5.74, 6) is -0.328. The van der Waals surface area contributed by atoms with Gasteiger partial charge in [-0.15, -0.1) is 0 Å². The van der Waals surface area contributed by atoms with Crippen LogP contribution in [0, 0.1) is 0 Å². The number of carbonyl (C=O) groups excluding carboxylic acids is 1. The molecular formula is C14H16O2. The summed E-state index contributed by atoms with van der Waals surface area (Å²) in [6.45, 7) is 9.85. The second-order valence-corrected chi connectivity index (χ2v) is 3.50. The van der Waals surface area contributed by atoms with Gasteiger partial charge in [0.2, 0.25) is 0 Å². The van der Waals surface area contributed by atoms with Gasteiger partial charge in [-0.1, -0.05) is 38.3 Å². The van der Waals surface area contributed by atoms with Crippen LogP contribution in [-0.2, 0) is 4.74 Å². The molecule has 0 saturated carbocycles. The smallest absolute Gasteiger partial charge is 0.338 e. The zero-order valence-electron chi connectivity index (χ0n) is 9.53. The molecule has 0 amide bonds. The van der Waals surface area contributed by atoms with E-state index in [2.05, 4.69) is 13.2 Å². The second kappa shape index (κ2) is 5.91. The van der Waals surface area contributed by atoms with Crippen LogP contribution >= 0.6 is 0 Å². The number of benzene rings is 1. The number of rotatable bonds is 5. The summed E-state index contributed by atoms with van der Waals surface area (Å²) in [7, 11) is 0. The fourth-order valence-electron chi connectivity index (χ4n) is 1.16. The van der Waals surface area contributed by atoms with Crippen LogP contribution in [0.1, 0.15) is 23.7 Å². The van der Waals surface area contributed by atoms with Gasteiger partial charge in [-0.2, -0.15) is 0 Å². The first-order valence-corrected chi connectivity index (χ1v) is 5.23. The number of ether oxygens (including phenoxy) is 1. The lowest BCUT2D eigenvalue weighted by molar-refractivity contribution is 0.0542. The van der Waals surface area contributed by atoms with Crippen LogP contribution in [0.5, 0.6) is 0 Å². The van der Waals surface area contributed by atoms with E-state index < -0.39 is 0 Å². The highest BCUT2D eigenvalue weighted by atomic mass is 16.5. The normalized spacial score (nSPS) is 9.56. The van der Waals surface area contributed by atoms with Crippen LogP contribution in [0.3, 0.4) is 0 Å². The van der Waals surface area contributed by atoms with Gasteiger partial charge in [-0.3, -0.25) is 0 Å². The van der Waals surface area contributed by atoms with Crippen LogP contribution in [0.25, 0.3) is 0 Å². The van der Waals surface area contributed by atoms with Crippen LogP contribution < -0.4 is 0 Å². The van der Waals surface area contributed by atoms with E-state index >= 15 is 0 Å². The maximum Gasteiger partial charge on any atom is 0.338 e. The van der Waals surface area contributed by atoms with Crippen LogP contribution in [0.2, 0.25) is 0 Å². The van der Waals surface area contributed by atoms with E-state index in [1.165, 1.54) is 0 Å². The third-order valence-corrected chi connectivity index (χ3v) is 2.31. The molecule has 0 aliphatic rings. The van der Waals surface area contributed by atoms with Crippen LogP contribution in [-0.4, -0.2) is 12.6 Å². The Morgan fingerprint density at radius 1 is 1.19 bits per heavy atom. The van der Waals surface area contributed by atoms with Gasteiger partial charge in [0.25, 0.3) is 0 Å². The monoisotopic (exact) mass is 216 g/mol. The number of hydrogen-bond acceptors (Lipinski definition) is 2. The van der Waals surface area contributed by atoms with E-state index in [1.807, 2.05) is 13.0 Å². The summed E-state index contributed by atoms with van der Waals surface area (Å²) in [4.78, 5) is 11.6. The minimum Gasteiger partial charge on any atom is -0.457 e. The summed E-state index contributed by atoms with van der Waals surface area (Å²) in [6, 6.07) is 8.90. The average molecular weight is 216 g/mol. The van der Waals surface area contributed by atoms with Crippen LogP contribution in [0.15, 0.2) is 54.6 Å². The van der Waals surface area contributed by atoms with E-state index in [9.17, 15) is 4.79 Å². The number of esters is 1. The molecule has 0 atom stereocenters. The number of hydrogen-bond donors (Lipinski definition) is 0. The maximum atomic E-state index is 11.6. The average Bonchev–Trinajstić information content (AvgIpc) is 2.35. The first-order valence-electron chi connectivity index (χ1n) is 5.23. The van der Waals surface area contributed by atoms with E-state index in [0.717, 1.165) is 17.6 Å². The molecule has 0 heterocycles. The lowest BCUT2D eigenvalue weighted by Gasteiger charge is -2.08. The Hall–Kier alpha value is -1.83. The molecule has 0 aliphatic carbocycles. The van der Waals surface area contributed by atoms with E-state index in [4.69, 9.17) is 4.74 Å². The van der Waals surface area contributed by atoms with Crippen LogP contribution in [0.4, 0.5) is 0 Å². The largest absolute Gasteiger partial charge is 0.457 e. The van der Waals surface area contributed by atoms with Gasteiger partial charge in [0.05, 0.1) is 5.56 Å². The highest BCUT2D eigenvalue weighted by Gasteiger charge is 2.07. The fraction of sp³-hybridized carbons (Fsp3) is 0.214. The first-order chi connectivity index (χ1) is 7.65. The third kappa shape index (κ3) is 3.39. The van der Waals surface area contributed by atoms with Crippen molar-refractivity contribution < 1.29 is 9.53 Å². The Labute approximate surface area is 96.2 Å². The Kier molecular flexibility index (Phi) is 4.52. The number of carbonyl (C=O) groups is 1. The Morgan fingerprint density at radius 3 is 2.38 bits per heavy atom. The quantitative estimate of drug-likeness (QED) is 0.557. The first kappa shape index (κ1) is 12.2. The lowest BCUT2D eigenvalue weighted by atomic mass is 10.1. The van der Waals surface area contributed by atoms with E-state index in [-0.39, 0.29) is 12.6 Å². The Morgan fingerprint density at radius 2 is 1.81 bits per heavy atom. The summed E-state index contributed by atoms with van der Waals surface area (Å²) < 4.78 is 5.11. The van der Waals surface area contributed by atoms with Crippen molar-refractivity contribution in [2.24, 2.45) is 0 Å². The fourth-order valence-corrected chi connectivity index (χ4v) is 1.16. The molecule has 0 aromatic heterocycles. The molecule has 2 nitrogen and oxygen atoms in total. The predicted molar refractivity (Wildman–Crippen MR) is 65.3 cm³/mol. The molecule has 1 aromatic carbocycles. The van der Waals surface area contributed by atoms with Crippen molar-refractivity contribution in [3.8, 4) is 0 Å². The van der Waals surface area contributed by atoms with Gasteiger partial charge in [-0.25, -0.2) is 4.79 Å². The molecule has 1 rings (SSSR count). The molecule has 0 aliphatic heterocycles. The van der Waals surface area contributed by atoms with Gasteiger partial charge >= 0.3 is 5.97 Å². The molecule has 1 aromatic rings. The van der Waals surface area contributed by atoms with Gasteiger partial charge in [0, 0.05) is 0 Å². The molecule has 0 fully saturated rings. The summed E-state index contributed by atoms with van der Waals surface area (Å²) >= 11 is 0. The maximum absolute atomic E-state index is 11.6. The highest BCUT2D eigenvalue weighted by molar-refractivity contribution is 5.89. The molecule has 0 bridgehead atoms. The molecule has 0 N–H and O–H groups in total. The molecule has 0 spiro atoms. The third-order valence-electron chi connectivity index (χ3n) is 2.31. The molecular weight excluding hydrogens is 200 g/mol. The molecule has 0 unspecified atom stereocenters. The van der Waals surface area contributed by atoms with Gasteiger partial charge in [0.15, 0.2) is 0 Å². The molecule has 16 heavy (non-hydrogen) atoms. The van der Waals surface area contributed by atoms with E-state index in [1.54, 1.807) is 24.3 Å². The van der Waals surface area contributed by atoms with Crippen molar-refractivity contribution in [3.05, 3.63) is 60.2 Å². The highest BCUT2D eigenvalue weighted by Crippen LogP contribution is 2.10. The molecule has 2 heteroatoms. The van der Waals surface area contributed by atoms with Crippen molar-refractivity contribution in [3.63, 3.8) is 0 Å². The summed E-state index contributed by atoms with van der Waals surface area (Å²) in [5.41, 5.74) is 2.24. The molecule has 84 valence electrons. The van der Waals surface area contributed by atoms with Crippen molar-refractivity contribution in [1.82, 2.24) is 0 Å².